The van der Waals surface area contributed by atoms with Gasteiger partial charge in [0.15, 0.2) is 5.67 Å². The van der Waals surface area contributed by atoms with Gasteiger partial charge in [-0.3, -0.25) is 0 Å². The van der Waals surface area contributed by atoms with Gasteiger partial charge in [-0.1, -0.05) is 30.3 Å². The second-order valence-electron chi connectivity index (χ2n) is 9.03. The first-order chi connectivity index (χ1) is 16.8. The molecule has 0 spiro atoms. The lowest BCUT2D eigenvalue weighted by Gasteiger charge is -2.28. The Kier molecular flexibility index (Phi) is 5.97. The van der Waals surface area contributed by atoms with E-state index >= 15 is 4.39 Å². The highest BCUT2D eigenvalue weighted by molar-refractivity contribution is 6.30. The molecule has 1 unspecified atom stereocenters. The Labute approximate surface area is 209 Å². The second kappa shape index (κ2) is 8.96. The number of allylic oxidation sites excluding steroid dienone is 1. The van der Waals surface area contributed by atoms with Crippen LogP contribution in [0.2, 0.25) is 5.02 Å². The van der Waals surface area contributed by atoms with Gasteiger partial charge in [0, 0.05) is 29.9 Å². The lowest BCUT2D eigenvalue weighted by atomic mass is 9.83. The summed E-state index contributed by atoms with van der Waals surface area (Å²) in [6.45, 7) is 7.98. The molecular weight excluding hydrogens is 465 g/mol. The van der Waals surface area contributed by atoms with Crippen LogP contribution in [0.1, 0.15) is 48.3 Å². The maximum Gasteiger partial charge on any atom is 0.238 e. The zero-order valence-electron chi connectivity index (χ0n) is 20.0. The van der Waals surface area contributed by atoms with Crippen LogP contribution >= 0.6 is 11.6 Å². The molecule has 1 aliphatic rings. The van der Waals surface area contributed by atoms with Crippen LogP contribution in [0.5, 0.6) is 5.88 Å². The molecule has 1 aromatic carbocycles. The number of fused-ring (bicyclic) bond motifs is 1. The molecule has 0 saturated carbocycles. The number of imidazole rings is 2. The monoisotopic (exact) mass is 491 g/mol. The van der Waals surface area contributed by atoms with E-state index < -0.39 is 5.67 Å². The summed E-state index contributed by atoms with van der Waals surface area (Å²) in [5.41, 5.74) is 2.88. The van der Waals surface area contributed by atoms with Crippen LogP contribution < -0.4 is 4.74 Å². The summed E-state index contributed by atoms with van der Waals surface area (Å²) in [6, 6.07) is 9.31. The molecule has 0 N–H and O–H groups in total. The van der Waals surface area contributed by atoms with Gasteiger partial charge in [0.2, 0.25) is 5.88 Å². The minimum Gasteiger partial charge on any atom is -0.479 e. The molecule has 6 nitrogen and oxygen atoms in total. The number of halogens is 2. The Bertz CT molecular complexity index is 1410. The molecule has 0 aliphatic carbocycles. The highest BCUT2D eigenvalue weighted by Gasteiger charge is 2.32. The van der Waals surface area contributed by atoms with Crippen molar-refractivity contribution in [2.75, 3.05) is 7.11 Å². The Morgan fingerprint density at radius 3 is 2.74 bits per heavy atom. The first kappa shape index (κ1) is 23.3. The third kappa shape index (κ3) is 4.25. The Morgan fingerprint density at radius 1 is 1.20 bits per heavy atom. The second-order valence-corrected chi connectivity index (χ2v) is 9.47. The smallest absolute Gasteiger partial charge is 0.238 e. The molecule has 5 rings (SSSR count). The van der Waals surface area contributed by atoms with Crippen molar-refractivity contribution in [2.45, 2.75) is 44.8 Å². The van der Waals surface area contributed by atoms with E-state index in [1.807, 2.05) is 48.1 Å². The maximum atomic E-state index is 15.4. The number of rotatable bonds is 6. The number of ether oxygens (including phenoxy) is 1. The minimum absolute atomic E-state index is 0.0603. The normalized spacial score (nSPS) is 17.0. The first-order valence-electron chi connectivity index (χ1n) is 11.6. The fraction of sp³-hybridized carbons (Fsp3) is 0.296. The van der Waals surface area contributed by atoms with Crippen molar-refractivity contribution >= 4 is 11.6 Å². The molecule has 0 bridgehead atoms. The van der Waals surface area contributed by atoms with Gasteiger partial charge in [-0.2, -0.15) is 0 Å². The summed E-state index contributed by atoms with van der Waals surface area (Å²) in [5, 5.41) is 0.499. The van der Waals surface area contributed by atoms with Gasteiger partial charge in [0.25, 0.3) is 0 Å². The molecule has 8 heteroatoms. The van der Waals surface area contributed by atoms with Crippen LogP contribution in [0.25, 0.3) is 17.1 Å². The number of pyridine rings is 1. The maximum absolute atomic E-state index is 15.4. The van der Waals surface area contributed by atoms with Crippen molar-refractivity contribution < 1.29 is 9.13 Å². The van der Waals surface area contributed by atoms with Gasteiger partial charge >= 0.3 is 0 Å². The Morgan fingerprint density at radius 2 is 2.03 bits per heavy atom. The van der Waals surface area contributed by atoms with Crippen LogP contribution in [0.3, 0.4) is 0 Å². The number of alkyl halides is 1. The average Bonchev–Trinajstić information content (AvgIpc) is 3.50. The molecule has 0 fully saturated rings. The van der Waals surface area contributed by atoms with Crippen molar-refractivity contribution in [3.63, 3.8) is 0 Å². The molecule has 35 heavy (non-hydrogen) atoms. The molecular formula is C27H27ClFN5O. The van der Waals surface area contributed by atoms with E-state index in [-0.39, 0.29) is 5.92 Å². The number of hydrogen-bond donors (Lipinski definition) is 0. The number of methoxy groups -OCH3 is 1. The van der Waals surface area contributed by atoms with E-state index in [2.05, 4.69) is 16.1 Å². The predicted octanol–water partition coefficient (Wildman–Crippen LogP) is 6.40. The quantitative estimate of drug-likeness (QED) is 0.293. The Balaban J connectivity index is 1.56. The number of aryl methyl sites for hydroxylation is 2. The van der Waals surface area contributed by atoms with Gasteiger partial charge in [0.05, 0.1) is 24.8 Å². The molecule has 0 saturated heterocycles. The van der Waals surface area contributed by atoms with Gasteiger partial charge < -0.3 is 13.9 Å². The summed E-state index contributed by atoms with van der Waals surface area (Å²) in [7, 11) is 1.60. The summed E-state index contributed by atoms with van der Waals surface area (Å²) in [5.74, 6) is 1.32. The van der Waals surface area contributed by atoms with Crippen LogP contribution in [-0.2, 0) is 12.2 Å². The Hall–Kier alpha value is -3.45. The zero-order chi connectivity index (χ0) is 24.7. The first-order valence-corrected chi connectivity index (χ1v) is 11.9. The van der Waals surface area contributed by atoms with Crippen LogP contribution in [0.15, 0.2) is 61.7 Å². The van der Waals surface area contributed by atoms with E-state index in [1.165, 1.54) is 13.0 Å². The van der Waals surface area contributed by atoms with Crippen LogP contribution in [0, 0.1) is 6.92 Å². The molecule has 1 aliphatic heterocycles. The topological polar surface area (TPSA) is 57.8 Å². The molecule has 2 atom stereocenters. The van der Waals surface area contributed by atoms with E-state index in [0.717, 1.165) is 47.8 Å². The van der Waals surface area contributed by atoms with Crippen molar-refractivity contribution in [1.29, 1.82) is 0 Å². The highest BCUT2D eigenvalue weighted by atomic mass is 35.5. The number of hydrogen-bond acceptors (Lipinski definition) is 4. The standard InChI is InChI=1S/C27H27ClFN5O/c1-5-27(3,29)21-13-18(28)8-9-19(21)20-7-6-12-33-15-23(31-25(20)33)22-10-11-24(26(32-22)35-4)34-14-17(2)30-16-34/h5,8-11,13-16,20H,1,6-7,12H2,2-4H3/t20-,27?/m0/s1. The van der Waals surface area contributed by atoms with Gasteiger partial charge in [0.1, 0.15) is 17.2 Å². The van der Waals surface area contributed by atoms with Crippen LogP contribution in [-0.4, -0.2) is 31.2 Å². The number of aromatic nitrogens is 5. The molecule has 4 aromatic rings. The fourth-order valence-corrected chi connectivity index (χ4v) is 4.91. The zero-order valence-corrected chi connectivity index (χ0v) is 20.8. The number of benzene rings is 1. The molecule has 3 aromatic heterocycles. The third-order valence-electron chi connectivity index (χ3n) is 6.60. The molecule has 180 valence electrons. The summed E-state index contributed by atoms with van der Waals surface area (Å²) < 4.78 is 25.0. The number of nitrogens with zero attached hydrogens (tertiary/aromatic N) is 5. The average molecular weight is 492 g/mol. The van der Waals surface area contributed by atoms with Gasteiger partial charge in [-0.05, 0) is 62.1 Å². The van der Waals surface area contributed by atoms with E-state index in [9.17, 15) is 0 Å². The van der Waals surface area contributed by atoms with E-state index in [1.54, 1.807) is 19.5 Å². The van der Waals surface area contributed by atoms with E-state index in [4.69, 9.17) is 26.3 Å². The minimum atomic E-state index is -1.70. The van der Waals surface area contributed by atoms with Crippen molar-refractivity contribution in [2.24, 2.45) is 0 Å². The largest absolute Gasteiger partial charge is 0.479 e. The van der Waals surface area contributed by atoms with Crippen molar-refractivity contribution in [3.8, 4) is 23.0 Å². The van der Waals surface area contributed by atoms with E-state index in [0.29, 0.717) is 22.2 Å². The summed E-state index contributed by atoms with van der Waals surface area (Å²) in [4.78, 5) is 14.0. The lowest BCUT2D eigenvalue weighted by molar-refractivity contribution is 0.261. The molecule has 0 amide bonds. The van der Waals surface area contributed by atoms with Crippen LogP contribution in [0.4, 0.5) is 4.39 Å². The molecule has 0 radical (unpaired) electrons. The predicted molar refractivity (Wildman–Crippen MR) is 135 cm³/mol. The van der Waals surface area contributed by atoms with Crippen molar-refractivity contribution in [1.82, 2.24) is 24.1 Å². The fourth-order valence-electron chi connectivity index (χ4n) is 4.74. The third-order valence-corrected chi connectivity index (χ3v) is 6.83. The summed E-state index contributed by atoms with van der Waals surface area (Å²) >= 11 is 6.24. The highest BCUT2D eigenvalue weighted by Crippen LogP contribution is 2.41. The SMILES string of the molecule is C=CC(C)(F)c1cc(Cl)ccc1[C@@H]1CCCn2cc(-c3ccc(-n4cnc(C)c4)c(OC)n3)nc21. The van der Waals surface area contributed by atoms with Gasteiger partial charge in [-0.15, -0.1) is 0 Å². The lowest BCUT2D eigenvalue weighted by Crippen LogP contribution is -2.21. The van der Waals surface area contributed by atoms with Gasteiger partial charge in [-0.25, -0.2) is 19.3 Å². The summed E-state index contributed by atoms with van der Waals surface area (Å²) in [6.07, 6.45) is 8.82. The molecule has 4 heterocycles. The van der Waals surface area contributed by atoms with Crippen molar-refractivity contribution in [3.05, 3.63) is 89.4 Å².